The van der Waals surface area contributed by atoms with Crippen LogP contribution in [-0.2, 0) is 0 Å². The Balaban J connectivity index is 1.39. The van der Waals surface area contributed by atoms with Crippen LogP contribution in [0.2, 0.25) is 0 Å². The molecule has 0 saturated heterocycles. The van der Waals surface area contributed by atoms with Crippen molar-refractivity contribution in [3.63, 3.8) is 0 Å². The lowest BCUT2D eigenvalue weighted by atomic mass is 9.74. The Labute approximate surface area is 151 Å². The van der Waals surface area contributed by atoms with Crippen LogP contribution in [0, 0.1) is 29.4 Å². The normalized spacial score (nSPS) is 30.7. The summed E-state index contributed by atoms with van der Waals surface area (Å²) in [5, 5.41) is 0. The van der Waals surface area contributed by atoms with Crippen LogP contribution < -0.4 is 0 Å². The Kier molecular flexibility index (Phi) is 6.67. The van der Waals surface area contributed by atoms with Crippen molar-refractivity contribution in [3.05, 3.63) is 47.5 Å². The topological polar surface area (TPSA) is 0 Å². The lowest BCUT2D eigenvalue weighted by Crippen LogP contribution is -2.17. The second-order valence-electron chi connectivity index (χ2n) is 8.28. The molecule has 0 unspecified atom stereocenters. The van der Waals surface area contributed by atoms with Crippen molar-refractivity contribution in [2.75, 3.05) is 0 Å². The van der Waals surface area contributed by atoms with Gasteiger partial charge in [0.1, 0.15) is 0 Å². The van der Waals surface area contributed by atoms with Crippen molar-refractivity contribution in [2.45, 2.75) is 77.0 Å². The third kappa shape index (κ3) is 5.15. The molecule has 0 heterocycles. The van der Waals surface area contributed by atoms with Gasteiger partial charge in [0, 0.05) is 0 Å². The first-order valence-electron chi connectivity index (χ1n) is 10.2. The average molecular weight is 347 g/mol. The maximum Gasteiger partial charge on any atom is 0.159 e. The first-order valence-corrected chi connectivity index (χ1v) is 10.2. The Morgan fingerprint density at radius 2 is 1.44 bits per heavy atom. The van der Waals surface area contributed by atoms with Crippen molar-refractivity contribution < 1.29 is 8.78 Å². The molecule has 1 aromatic rings. The first-order chi connectivity index (χ1) is 12.2. The summed E-state index contributed by atoms with van der Waals surface area (Å²) in [4.78, 5) is 0. The van der Waals surface area contributed by atoms with Crippen LogP contribution in [0.5, 0.6) is 0 Å². The molecule has 138 valence electrons. The zero-order valence-electron chi connectivity index (χ0n) is 15.5. The highest BCUT2D eigenvalue weighted by Gasteiger charge is 2.25. The number of rotatable bonds is 5. The van der Waals surface area contributed by atoms with Crippen LogP contribution in [0.1, 0.15) is 82.6 Å². The third-order valence-corrected chi connectivity index (χ3v) is 6.60. The van der Waals surface area contributed by atoms with Gasteiger partial charge in [-0.1, -0.05) is 31.1 Å². The van der Waals surface area contributed by atoms with Crippen LogP contribution in [0.3, 0.4) is 0 Å². The van der Waals surface area contributed by atoms with Gasteiger partial charge in [0.05, 0.1) is 0 Å². The van der Waals surface area contributed by atoms with Gasteiger partial charge in [0.25, 0.3) is 0 Å². The molecule has 0 radical (unpaired) electrons. The minimum absolute atomic E-state index is 0.419. The fraction of sp³-hybridized carbons (Fsp3) is 0.652. The van der Waals surface area contributed by atoms with E-state index in [1.165, 1.54) is 63.5 Å². The molecule has 25 heavy (non-hydrogen) atoms. The van der Waals surface area contributed by atoms with E-state index >= 15 is 0 Å². The highest BCUT2D eigenvalue weighted by Crippen LogP contribution is 2.40. The highest BCUT2D eigenvalue weighted by atomic mass is 19.2. The predicted octanol–water partition coefficient (Wildman–Crippen LogP) is 7.40. The monoisotopic (exact) mass is 346 g/mol. The molecule has 3 rings (SSSR count). The summed E-state index contributed by atoms with van der Waals surface area (Å²) in [5.41, 5.74) is 0.986. The number of halogens is 2. The molecule has 2 fully saturated rings. The average Bonchev–Trinajstić information content (AvgIpc) is 2.64. The Morgan fingerprint density at radius 1 is 0.840 bits per heavy atom. The molecular weight excluding hydrogens is 314 g/mol. The van der Waals surface area contributed by atoms with Crippen LogP contribution in [0.15, 0.2) is 30.4 Å². The Morgan fingerprint density at radius 3 is 2.00 bits per heavy atom. The van der Waals surface area contributed by atoms with Crippen molar-refractivity contribution in [3.8, 4) is 0 Å². The molecule has 0 amide bonds. The molecule has 0 N–H and O–H groups in total. The van der Waals surface area contributed by atoms with Gasteiger partial charge in [-0.3, -0.25) is 0 Å². The smallest absolute Gasteiger partial charge is 0.159 e. The van der Waals surface area contributed by atoms with E-state index < -0.39 is 11.6 Å². The van der Waals surface area contributed by atoms with E-state index in [0.717, 1.165) is 36.2 Å². The molecule has 0 aliphatic heterocycles. The quantitative estimate of drug-likeness (QED) is 0.487. The highest BCUT2D eigenvalue weighted by molar-refractivity contribution is 5.22. The van der Waals surface area contributed by atoms with E-state index in [1.54, 1.807) is 6.07 Å². The lowest BCUT2D eigenvalue weighted by molar-refractivity contribution is 0.246. The number of allylic oxidation sites excluding steroid dienone is 2. The summed E-state index contributed by atoms with van der Waals surface area (Å²) < 4.78 is 26.5. The molecule has 0 nitrogen and oxygen atoms in total. The van der Waals surface area contributed by atoms with E-state index in [9.17, 15) is 8.78 Å². The number of hydrogen-bond donors (Lipinski definition) is 0. The second-order valence-corrected chi connectivity index (χ2v) is 8.28. The SMILES string of the molecule is C/C=C/C1CCC(CCC2CCC(c3ccc(F)c(F)c3)CC2)CC1. The summed E-state index contributed by atoms with van der Waals surface area (Å²) >= 11 is 0. The van der Waals surface area contributed by atoms with E-state index in [4.69, 9.17) is 0 Å². The van der Waals surface area contributed by atoms with E-state index in [0.29, 0.717) is 5.92 Å². The fourth-order valence-corrected chi connectivity index (χ4v) is 4.96. The van der Waals surface area contributed by atoms with Gasteiger partial charge in [-0.25, -0.2) is 8.78 Å². The molecule has 2 saturated carbocycles. The van der Waals surface area contributed by atoms with Crippen molar-refractivity contribution >= 4 is 0 Å². The molecule has 2 heteroatoms. The summed E-state index contributed by atoms with van der Waals surface area (Å²) in [6.07, 6.45) is 17.6. The van der Waals surface area contributed by atoms with Crippen molar-refractivity contribution in [1.29, 1.82) is 0 Å². The van der Waals surface area contributed by atoms with Gasteiger partial charge < -0.3 is 0 Å². The molecule has 0 aromatic heterocycles. The van der Waals surface area contributed by atoms with Crippen LogP contribution in [0.4, 0.5) is 8.78 Å². The maximum atomic E-state index is 13.4. The summed E-state index contributed by atoms with van der Waals surface area (Å²) in [5.74, 6) is 1.59. The standard InChI is InChI=1S/C23H32F2/c1-2-3-17-4-6-18(7-5-17)8-9-19-10-12-20(13-11-19)21-14-15-22(24)23(25)16-21/h2-3,14-20H,4-13H2,1H3/b3-2+. The largest absolute Gasteiger partial charge is 0.204 e. The zero-order valence-corrected chi connectivity index (χ0v) is 15.5. The van der Waals surface area contributed by atoms with Gasteiger partial charge in [-0.15, -0.1) is 0 Å². The minimum Gasteiger partial charge on any atom is -0.204 e. The second kappa shape index (κ2) is 8.96. The van der Waals surface area contributed by atoms with E-state index in [2.05, 4.69) is 19.1 Å². The summed E-state index contributed by atoms with van der Waals surface area (Å²) in [6.45, 7) is 2.13. The van der Waals surface area contributed by atoms with Crippen LogP contribution in [-0.4, -0.2) is 0 Å². The number of benzene rings is 1. The summed E-state index contributed by atoms with van der Waals surface area (Å²) in [7, 11) is 0. The molecular formula is C23H32F2. The predicted molar refractivity (Wildman–Crippen MR) is 101 cm³/mol. The summed E-state index contributed by atoms with van der Waals surface area (Å²) in [6, 6.07) is 4.46. The van der Waals surface area contributed by atoms with E-state index in [-0.39, 0.29) is 0 Å². The van der Waals surface area contributed by atoms with Gasteiger partial charge >= 0.3 is 0 Å². The zero-order chi connectivity index (χ0) is 17.6. The van der Waals surface area contributed by atoms with E-state index in [1.807, 2.05) is 0 Å². The minimum atomic E-state index is -0.735. The van der Waals surface area contributed by atoms with Crippen LogP contribution >= 0.6 is 0 Å². The van der Waals surface area contributed by atoms with Gasteiger partial charge in [0.2, 0.25) is 0 Å². The molecule has 0 spiro atoms. The maximum absolute atomic E-state index is 13.4. The first kappa shape index (κ1) is 18.6. The fourth-order valence-electron chi connectivity index (χ4n) is 4.96. The third-order valence-electron chi connectivity index (χ3n) is 6.60. The number of hydrogen-bond acceptors (Lipinski definition) is 0. The van der Waals surface area contributed by atoms with Crippen LogP contribution in [0.25, 0.3) is 0 Å². The van der Waals surface area contributed by atoms with Gasteiger partial charge in [0.15, 0.2) is 11.6 Å². The molecule has 1 aromatic carbocycles. The van der Waals surface area contributed by atoms with Gasteiger partial charge in [-0.2, -0.15) is 0 Å². The molecule has 2 aliphatic rings. The molecule has 0 bridgehead atoms. The molecule has 0 atom stereocenters. The van der Waals surface area contributed by atoms with Crippen molar-refractivity contribution in [2.24, 2.45) is 17.8 Å². The Bertz CT molecular complexity index is 561. The molecule has 2 aliphatic carbocycles. The van der Waals surface area contributed by atoms with Gasteiger partial charge in [-0.05, 0) is 99.7 Å². The Hall–Kier alpha value is -1.18. The van der Waals surface area contributed by atoms with Crippen molar-refractivity contribution in [1.82, 2.24) is 0 Å². The lowest BCUT2D eigenvalue weighted by Gasteiger charge is -2.31.